The van der Waals surface area contributed by atoms with E-state index in [0.717, 1.165) is 58.2 Å². The molecule has 0 radical (unpaired) electrons. The van der Waals surface area contributed by atoms with Crippen molar-refractivity contribution in [1.82, 2.24) is 15.1 Å². The van der Waals surface area contributed by atoms with Gasteiger partial charge < -0.3 is 10.1 Å². The predicted molar refractivity (Wildman–Crippen MR) is 119 cm³/mol. The van der Waals surface area contributed by atoms with E-state index in [1.807, 2.05) is 0 Å². The van der Waals surface area contributed by atoms with Gasteiger partial charge >= 0.3 is 0 Å². The van der Waals surface area contributed by atoms with Gasteiger partial charge in [-0.2, -0.15) is 0 Å². The van der Waals surface area contributed by atoms with Crippen LogP contribution in [0.3, 0.4) is 0 Å². The van der Waals surface area contributed by atoms with E-state index in [1.54, 1.807) is 0 Å². The first-order valence-electron chi connectivity index (χ1n) is 11.3. The topological polar surface area (TPSA) is 27.7 Å². The monoisotopic (exact) mass is 393 g/mol. The Morgan fingerprint density at radius 1 is 0.828 bits per heavy atom. The lowest BCUT2D eigenvalue weighted by Crippen LogP contribution is -2.47. The van der Waals surface area contributed by atoms with Crippen LogP contribution >= 0.6 is 0 Å². The van der Waals surface area contributed by atoms with Gasteiger partial charge in [-0.25, -0.2) is 0 Å². The first-order valence-corrected chi connectivity index (χ1v) is 11.3. The maximum atomic E-state index is 6.02. The van der Waals surface area contributed by atoms with Gasteiger partial charge in [0.2, 0.25) is 0 Å². The molecule has 4 rings (SSSR count). The second-order valence-electron chi connectivity index (χ2n) is 8.38. The first kappa shape index (κ1) is 20.4. The van der Waals surface area contributed by atoms with Crippen LogP contribution in [0.15, 0.2) is 54.6 Å². The van der Waals surface area contributed by atoms with E-state index in [2.05, 4.69) is 69.7 Å². The molecule has 2 aliphatic rings. The van der Waals surface area contributed by atoms with Crippen LogP contribution in [0.2, 0.25) is 0 Å². The summed E-state index contributed by atoms with van der Waals surface area (Å²) in [7, 11) is 0. The minimum absolute atomic E-state index is 0.513. The van der Waals surface area contributed by atoms with Crippen molar-refractivity contribution < 1.29 is 4.74 Å². The van der Waals surface area contributed by atoms with E-state index >= 15 is 0 Å². The van der Waals surface area contributed by atoms with E-state index in [9.17, 15) is 0 Å². The van der Waals surface area contributed by atoms with Gasteiger partial charge in [-0.05, 0) is 42.6 Å². The molecule has 2 saturated heterocycles. The highest BCUT2D eigenvalue weighted by atomic mass is 16.5. The number of benzene rings is 2. The number of hydrogen-bond donors (Lipinski definition) is 1. The molecule has 0 aliphatic carbocycles. The maximum Gasteiger partial charge on any atom is 0.119 e. The third-order valence-corrected chi connectivity index (χ3v) is 6.23. The molecule has 0 amide bonds. The molecule has 2 aromatic rings. The van der Waals surface area contributed by atoms with Gasteiger partial charge in [-0.15, -0.1) is 0 Å². The van der Waals surface area contributed by atoms with E-state index < -0.39 is 0 Å². The normalized spacial score (nSPS) is 21.6. The Morgan fingerprint density at radius 3 is 2.38 bits per heavy atom. The minimum Gasteiger partial charge on any atom is -0.492 e. The average molecular weight is 394 g/mol. The molecule has 1 unspecified atom stereocenters. The second kappa shape index (κ2) is 10.8. The average Bonchev–Trinajstić information content (AvgIpc) is 3.06. The number of piperazine rings is 1. The number of hydrogen-bond acceptors (Lipinski definition) is 4. The molecule has 2 fully saturated rings. The quantitative estimate of drug-likeness (QED) is 0.767. The zero-order valence-electron chi connectivity index (χ0n) is 17.6. The molecule has 1 atom stereocenters. The SMILES string of the molecule is c1ccc(CN2CCN(CCOc3ccc(C4CCCCCN4)cc3)CC2)cc1. The molecule has 1 N–H and O–H groups in total. The van der Waals surface area contributed by atoms with Crippen LogP contribution < -0.4 is 10.1 Å². The van der Waals surface area contributed by atoms with Gasteiger partial charge in [-0.1, -0.05) is 55.3 Å². The van der Waals surface area contributed by atoms with E-state index in [4.69, 9.17) is 4.74 Å². The fraction of sp³-hybridized carbons (Fsp3) is 0.520. The van der Waals surface area contributed by atoms with Crippen LogP contribution in [0.5, 0.6) is 5.75 Å². The Kier molecular flexibility index (Phi) is 7.57. The van der Waals surface area contributed by atoms with Crippen molar-refractivity contribution in [3.05, 3.63) is 65.7 Å². The first-order chi connectivity index (χ1) is 14.4. The highest BCUT2D eigenvalue weighted by molar-refractivity contribution is 5.29. The Morgan fingerprint density at radius 2 is 1.59 bits per heavy atom. The molecule has 4 heteroatoms. The molecule has 0 bridgehead atoms. The molecule has 2 aliphatic heterocycles. The van der Waals surface area contributed by atoms with E-state index in [1.165, 1.54) is 36.8 Å². The summed E-state index contributed by atoms with van der Waals surface area (Å²) in [6.45, 7) is 8.50. The van der Waals surface area contributed by atoms with Crippen LogP contribution in [-0.4, -0.2) is 55.7 Å². The Balaban J connectivity index is 1.15. The molecule has 156 valence electrons. The van der Waals surface area contributed by atoms with Gasteiger partial charge in [0.1, 0.15) is 12.4 Å². The van der Waals surface area contributed by atoms with E-state index in [0.29, 0.717) is 6.04 Å². The largest absolute Gasteiger partial charge is 0.492 e. The molecule has 2 heterocycles. The molecular formula is C25H35N3O. The summed E-state index contributed by atoms with van der Waals surface area (Å²) in [5.74, 6) is 0.991. The van der Waals surface area contributed by atoms with Crippen LogP contribution in [-0.2, 0) is 6.54 Å². The Hall–Kier alpha value is -1.88. The molecule has 29 heavy (non-hydrogen) atoms. The Bertz CT molecular complexity index is 703. The summed E-state index contributed by atoms with van der Waals surface area (Å²) in [4.78, 5) is 5.07. The van der Waals surface area contributed by atoms with Gasteiger partial charge in [0.05, 0.1) is 0 Å². The Labute approximate surface area is 175 Å². The molecule has 4 nitrogen and oxygen atoms in total. The summed E-state index contributed by atoms with van der Waals surface area (Å²) in [6, 6.07) is 20.0. The lowest BCUT2D eigenvalue weighted by molar-refractivity contribution is 0.112. The third kappa shape index (κ3) is 6.30. The number of nitrogens with zero attached hydrogens (tertiary/aromatic N) is 2. The van der Waals surface area contributed by atoms with E-state index in [-0.39, 0.29) is 0 Å². The van der Waals surface area contributed by atoms with Crippen molar-refractivity contribution in [3.63, 3.8) is 0 Å². The van der Waals surface area contributed by atoms with Crippen LogP contribution in [0, 0.1) is 0 Å². The van der Waals surface area contributed by atoms with Crippen molar-refractivity contribution in [1.29, 1.82) is 0 Å². The summed E-state index contributed by atoms with van der Waals surface area (Å²) in [6.07, 6.45) is 5.23. The summed E-state index contributed by atoms with van der Waals surface area (Å²) in [5.41, 5.74) is 2.81. The van der Waals surface area contributed by atoms with Gasteiger partial charge in [0, 0.05) is 45.3 Å². The minimum atomic E-state index is 0.513. The maximum absolute atomic E-state index is 6.02. The standard InChI is InChI=1S/C25H35N3O/c1-3-7-22(8-4-1)21-28-17-15-27(16-18-28)19-20-29-24-12-10-23(11-13-24)25-9-5-2-6-14-26-25/h1,3-4,7-8,10-13,25-26H,2,5-6,9,14-21H2. The zero-order valence-corrected chi connectivity index (χ0v) is 17.6. The molecule has 0 aromatic heterocycles. The van der Waals surface area contributed by atoms with Crippen molar-refractivity contribution in [2.24, 2.45) is 0 Å². The smallest absolute Gasteiger partial charge is 0.119 e. The summed E-state index contributed by atoms with van der Waals surface area (Å²) in [5, 5.41) is 3.67. The lowest BCUT2D eigenvalue weighted by Gasteiger charge is -2.34. The number of rotatable bonds is 7. The van der Waals surface area contributed by atoms with Gasteiger partial charge in [0.25, 0.3) is 0 Å². The van der Waals surface area contributed by atoms with Crippen molar-refractivity contribution in [2.75, 3.05) is 45.9 Å². The van der Waals surface area contributed by atoms with Crippen LogP contribution in [0.1, 0.15) is 42.9 Å². The second-order valence-corrected chi connectivity index (χ2v) is 8.38. The van der Waals surface area contributed by atoms with Crippen molar-refractivity contribution in [3.8, 4) is 5.75 Å². The van der Waals surface area contributed by atoms with Crippen molar-refractivity contribution >= 4 is 0 Å². The third-order valence-electron chi connectivity index (χ3n) is 6.23. The zero-order chi connectivity index (χ0) is 19.7. The number of ether oxygens (including phenoxy) is 1. The molecule has 0 saturated carbocycles. The fourth-order valence-electron chi connectivity index (χ4n) is 4.41. The molecular weight excluding hydrogens is 358 g/mol. The van der Waals surface area contributed by atoms with Crippen LogP contribution in [0.25, 0.3) is 0 Å². The number of nitrogens with one attached hydrogen (secondary N) is 1. The molecule has 0 spiro atoms. The highest BCUT2D eigenvalue weighted by Gasteiger charge is 2.17. The lowest BCUT2D eigenvalue weighted by atomic mass is 10.0. The highest BCUT2D eigenvalue weighted by Crippen LogP contribution is 2.24. The van der Waals surface area contributed by atoms with Gasteiger partial charge in [-0.3, -0.25) is 9.80 Å². The van der Waals surface area contributed by atoms with Crippen LogP contribution in [0.4, 0.5) is 0 Å². The fourth-order valence-corrected chi connectivity index (χ4v) is 4.41. The predicted octanol–water partition coefficient (Wildman–Crippen LogP) is 4.09. The van der Waals surface area contributed by atoms with Gasteiger partial charge in [0.15, 0.2) is 0 Å². The van der Waals surface area contributed by atoms with Crippen molar-refractivity contribution in [2.45, 2.75) is 38.3 Å². The summed E-state index contributed by atoms with van der Waals surface area (Å²) < 4.78 is 6.02. The molecule has 2 aromatic carbocycles. The summed E-state index contributed by atoms with van der Waals surface area (Å²) >= 11 is 0.